The molecule has 2 rings (SSSR count). The van der Waals surface area contributed by atoms with Crippen LogP contribution in [0.5, 0.6) is 0 Å². The van der Waals surface area contributed by atoms with E-state index in [0.717, 1.165) is 5.56 Å². The highest BCUT2D eigenvalue weighted by atomic mass is 16.6. The maximum absolute atomic E-state index is 12.3. The minimum absolute atomic E-state index is 0.0364. The van der Waals surface area contributed by atoms with Crippen LogP contribution in [0.1, 0.15) is 32.3 Å². The fourth-order valence-electron chi connectivity index (χ4n) is 2.75. The van der Waals surface area contributed by atoms with Crippen molar-refractivity contribution in [1.29, 1.82) is 5.26 Å². The van der Waals surface area contributed by atoms with Gasteiger partial charge in [-0.2, -0.15) is 5.26 Å². The molecule has 1 aromatic carbocycles. The van der Waals surface area contributed by atoms with Crippen molar-refractivity contribution in [2.75, 3.05) is 13.2 Å². The van der Waals surface area contributed by atoms with Gasteiger partial charge in [0.05, 0.1) is 19.3 Å². The molecule has 1 aliphatic heterocycles. The van der Waals surface area contributed by atoms with Crippen LogP contribution in [0.2, 0.25) is 0 Å². The molecule has 0 aromatic heterocycles. The molecule has 118 valence electrons. The molecule has 5 heteroatoms. The number of esters is 1. The molecular weight excluding hydrogens is 280 g/mol. The van der Waals surface area contributed by atoms with Crippen LogP contribution in [0, 0.1) is 11.3 Å². The van der Waals surface area contributed by atoms with Crippen LogP contribution < -0.4 is 0 Å². The van der Waals surface area contributed by atoms with Crippen molar-refractivity contribution < 1.29 is 14.3 Å². The Labute approximate surface area is 131 Å². The monoisotopic (exact) mass is 302 g/mol. The molecule has 0 aliphatic carbocycles. The smallest absolute Gasteiger partial charge is 0.353 e. The molecule has 0 N–H and O–H groups in total. The number of hydrogen-bond acceptors (Lipinski definition) is 5. The van der Waals surface area contributed by atoms with Gasteiger partial charge in [-0.05, 0) is 25.8 Å². The Bertz CT molecular complexity index is 541. The molecule has 0 bridgehead atoms. The van der Waals surface area contributed by atoms with E-state index in [-0.39, 0.29) is 12.0 Å². The summed E-state index contributed by atoms with van der Waals surface area (Å²) in [4.78, 5) is 14.3. The van der Waals surface area contributed by atoms with Crippen LogP contribution in [0.25, 0.3) is 0 Å². The lowest BCUT2D eigenvalue weighted by Gasteiger charge is -2.34. The van der Waals surface area contributed by atoms with Crippen molar-refractivity contribution in [3.63, 3.8) is 0 Å². The Morgan fingerprint density at radius 3 is 2.86 bits per heavy atom. The zero-order chi connectivity index (χ0) is 16.0. The number of hydrogen-bond donors (Lipinski definition) is 0. The van der Waals surface area contributed by atoms with Crippen LogP contribution in [-0.2, 0) is 20.8 Å². The zero-order valence-corrected chi connectivity index (χ0v) is 13.1. The van der Waals surface area contributed by atoms with Crippen molar-refractivity contribution >= 4 is 5.97 Å². The summed E-state index contributed by atoms with van der Waals surface area (Å²) in [5.74, 6) is -0.370. The number of benzene rings is 1. The summed E-state index contributed by atoms with van der Waals surface area (Å²) in [6.07, 6.45) is 1.12. The van der Waals surface area contributed by atoms with Crippen molar-refractivity contribution in [3.8, 4) is 6.07 Å². The molecule has 0 saturated carbocycles. The summed E-state index contributed by atoms with van der Waals surface area (Å²) in [6.45, 7) is 4.88. The second-order valence-electron chi connectivity index (χ2n) is 5.48. The van der Waals surface area contributed by atoms with E-state index < -0.39 is 5.72 Å². The SMILES string of the molecule is CCOC(=O)[C@@]1(C)OC[C@H](CCC#N)N1Cc1ccccc1. The Morgan fingerprint density at radius 1 is 1.50 bits per heavy atom. The molecule has 0 amide bonds. The summed E-state index contributed by atoms with van der Waals surface area (Å²) in [5.41, 5.74) is 0.0110. The molecular formula is C17H22N2O3. The highest BCUT2D eigenvalue weighted by Crippen LogP contribution is 2.32. The van der Waals surface area contributed by atoms with Crippen molar-refractivity contribution in [1.82, 2.24) is 4.90 Å². The van der Waals surface area contributed by atoms with Gasteiger partial charge in [0.15, 0.2) is 0 Å². The highest BCUT2D eigenvalue weighted by Gasteiger charge is 2.50. The van der Waals surface area contributed by atoms with E-state index in [1.807, 2.05) is 35.2 Å². The summed E-state index contributed by atoms with van der Waals surface area (Å²) in [5, 5.41) is 8.83. The van der Waals surface area contributed by atoms with E-state index >= 15 is 0 Å². The molecule has 0 spiro atoms. The third kappa shape index (κ3) is 3.46. The lowest BCUT2D eigenvalue weighted by molar-refractivity contribution is -0.180. The summed E-state index contributed by atoms with van der Waals surface area (Å²) >= 11 is 0. The number of ether oxygens (including phenoxy) is 2. The minimum Gasteiger partial charge on any atom is -0.463 e. The van der Waals surface area contributed by atoms with E-state index in [4.69, 9.17) is 14.7 Å². The van der Waals surface area contributed by atoms with E-state index in [9.17, 15) is 4.79 Å². The largest absolute Gasteiger partial charge is 0.463 e. The van der Waals surface area contributed by atoms with E-state index in [0.29, 0.717) is 32.6 Å². The van der Waals surface area contributed by atoms with E-state index in [2.05, 4.69) is 6.07 Å². The number of nitrogens with zero attached hydrogens (tertiary/aromatic N) is 2. The Kier molecular flexibility index (Phi) is 5.53. The van der Waals surface area contributed by atoms with Gasteiger partial charge in [-0.15, -0.1) is 0 Å². The molecule has 22 heavy (non-hydrogen) atoms. The van der Waals surface area contributed by atoms with E-state index in [1.165, 1.54) is 0 Å². The first-order valence-corrected chi connectivity index (χ1v) is 7.60. The molecule has 1 aliphatic rings. The first-order valence-electron chi connectivity index (χ1n) is 7.60. The number of rotatable bonds is 6. The fourth-order valence-corrected chi connectivity index (χ4v) is 2.75. The molecule has 1 aromatic rings. The van der Waals surface area contributed by atoms with Gasteiger partial charge in [0, 0.05) is 19.0 Å². The van der Waals surface area contributed by atoms with Crippen molar-refractivity contribution in [2.24, 2.45) is 0 Å². The van der Waals surface area contributed by atoms with Crippen LogP contribution in [-0.4, -0.2) is 35.8 Å². The van der Waals surface area contributed by atoms with Crippen LogP contribution in [0.3, 0.4) is 0 Å². The van der Waals surface area contributed by atoms with Gasteiger partial charge in [-0.25, -0.2) is 4.79 Å². The van der Waals surface area contributed by atoms with Gasteiger partial charge in [-0.1, -0.05) is 30.3 Å². The fraction of sp³-hybridized carbons (Fsp3) is 0.529. The van der Waals surface area contributed by atoms with Crippen LogP contribution >= 0.6 is 0 Å². The normalized spacial score (nSPS) is 24.9. The van der Waals surface area contributed by atoms with Crippen LogP contribution in [0.4, 0.5) is 0 Å². The first-order chi connectivity index (χ1) is 10.6. The second-order valence-corrected chi connectivity index (χ2v) is 5.48. The lowest BCUT2D eigenvalue weighted by Crippen LogP contribution is -2.52. The third-order valence-corrected chi connectivity index (χ3v) is 3.98. The first kappa shape index (κ1) is 16.5. The van der Waals surface area contributed by atoms with Gasteiger partial charge in [0.2, 0.25) is 5.72 Å². The van der Waals surface area contributed by atoms with Crippen molar-refractivity contribution in [3.05, 3.63) is 35.9 Å². The maximum atomic E-state index is 12.3. The Morgan fingerprint density at radius 2 is 2.23 bits per heavy atom. The number of nitriles is 1. The number of carbonyl (C=O) groups excluding carboxylic acids is 1. The molecule has 1 fully saturated rings. The predicted octanol–water partition coefficient (Wildman–Crippen LogP) is 2.47. The maximum Gasteiger partial charge on any atom is 0.353 e. The van der Waals surface area contributed by atoms with Crippen molar-refractivity contribution in [2.45, 2.75) is 45.0 Å². The topological polar surface area (TPSA) is 62.6 Å². The average Bonchev–Trinajstić information content (AvgIpc) is 2.85. The predicted molar refractivity (Wildman–Crippen MR) is 81.6 cm³/mol. The summed E-state index contributed by atoms with van der Waals surface area (Å²) < 4.78 is 11.0. The zero-order valence-electron chi connectivity index (χ0n) is 13.1. The quantitative estimate of drug-likeness (QED) is 0.755. The molecule has 1 saturated heterocycles. The average molecular weight is 302 g/mol. The molecule has 0 radical (unpaired) electrons. The standard InChI is InChI=1S/C17H22N2O3/c1-3-21-16(20)17(2)19(12-14-8-5-4-6-9-14)15(13-22-17)10-7-11-18/h4-6,8-9,15H,3,7,10,12-13H2,1-2H3/t15-,17+/m0/s1. The van der Waals surface area contributed by atoms with Crippen LogP contribution in [0.15, 0.2) is 30.3 Å². The Hall–Kier alpha value is -1.90. The van der Waals surface area contributed by atoms with Gasteiger partial charge >= 0.3 is 5.97 Å². The molecule has 0 unspecified atom stereocenters. The van der Waals surface area contributed by atoms with Gasteiger partial charge in [-0.3, -0.25) is 4.90 Å². The van der Waals surface area contributed by atoms with Gasteiger partial charge in [0.1, 0.15) is 0 Å². The second kappa shape index (κ2) is 7.39. The molecule has 1 heterocycles. The third-order valence-electron chi connectivity index (χ3n) is 3.98. The van der Waals surface area contributed by atoms with Gasteiger partial charge < -0.3 is 9.47 Å². The molecule has 2 atom stereocenters. The minimum atomic E-state index is -1.09. The summed E-state index contributed by atoms with van der Waals surface area (Å²) in [6, 6.07) is 12.1. The Balaban J connectivity index is 2.21. The number of carbonyl (C=O) groups is 1. The van der Waals surface area contributed by atoms with E-state index in [1.54, 1.807) is 13.8 Å². The highest BCUT2D eigenvalue weighted by molar-refractivity contribution is 5.79. The lowest BCUT2D eigenvalue weighted by atomic mass is 10.1. The summed E-state index contributed by atoms with van der Waals surface area (Å²) in [7, 11) is 0. The van der Waals surface area contributed by atoms with Gasteiger partial charge in [0.25, 0.3) is 0 Å². The molecule has 5 nitrogen and oxygen atoms in total.